The van der Waals surface area contributed by atoms with E-state index in [2.05, 4.69) is 18.9 Å². The summed E-state index contributed by atoms with van der Waals surface area (Å²) in [6.45, 7) is 7.76. The summed E-state index contributed by atoms with van der Waals surface area (Å²) in [7, 11) is 2.10. The molecule has 2 saturated heterocycles. The second kappa shape index (κ2) is 6.64. The SMILES string of the molecule is CCC1CN(C)CCCN1C(=O)N1CC(C(C)C(=O)O)C1. The molecule has 2 rings (SSSR count). The second-order valence-electron chi connectivity index (χ2n) is 6.45. The molecule has 2 atom stereocenters. The Bertz CT molecular complexity index is 396. The van der Waals surface area contributed by atoms with Crippen LogP contribution >= 0.6 is 0 Å². The Balaban J connectivity index is 1.92. The van der Waals surface area contributed by atoms with Crippen molar-refractivity contribution in [3.05, 3.63) is 0 Å². The summed E-state index contributed by atoms with van der Waals surface area (Å²) in [5.41, 5.74) is 0. The van der Waals surface area contributed by atoms with Gasteiger partial charge in [-0.1, -0.05) is 13.8 Å². The number of aliphatic carboxylic acids is 1. The van der Waals surface area contributed by atoms with Gasteiger partial charge in [-0.25, -0.2) is 4.79 Å². The second-order valence-corrected chi connectivity index (χ2v) is 6.45. The van der Waals surface area contributed by atoms with Crippen LogP contribution in [0.3, 0.4) is 0 Å². The van der Waals surface area contributed by atoms with Crippen LogP contribution in [0.25, 0.3) is 0 Å². The first kappa shape index (κ1) is 16.1. The van der Waals surface area contributed by atoms with E-state index in [0.717, 1.165) is 32.5 Å². The van der Waals surface area contributed by atoms with Crippen molar-refractivity contribution in [1.29, 1.82) is 0 Å². The first-order valence-electron chi connectivity index (χ1n) is 7.91. The van der Waals surface area contributed by atoms with Crippen molar-refractivity contribution in [2.45, 2.75) is 32.7 Å². The monoisotopic (exact) mass is 297 g/mol. The van der Waals surface area contributed by atoms with E-state index in [1.165, 1.54) is 0 Å². The average molecular weight is 297 g/mol. The molecule has 6 heteroatoms. The lowest BCUT2D eigenvalue weighted by molar-refractivity contribution is -0.145. The van der Waals surface area contributed by atoms with E-state index in [4.69, 9.17) is 5.11 Å². The molecule has 2 amide bonds. The number of carboxylic acids is 1. The van der Waals surface area contributed by atoms with Gasteiger partial charge in [-0.15, -0.1) is 0 Å². The molecule has 0 aromatic rings. The molecule has 6 nitrogen and oxygen atoms in total. The summed E-state index contributed by atoms with van der Waals surface area (Å²) >= 11 is 0. The summed E-state index contributed by atoms with van der Waals surface area (Å²) in [5.74, 6) is -1.04. The molecule has 2 aliphatic rings. The molecule has 0 bridgehead atoms. The molecule has 1 N–H and O–H groups in total. The first-order chi connectivity index (χ1) is 9.93. The molecule has 120 valence electrons. The van der Waals surface area contributed by atoms with E-state index >= 15 is 0 Å². The van der Waals surface area contributed by atoms with Gasteiger partial charge in [0.2, 0.25) is 0 Å². The van der Waals surface area contributed by atoms with Gasteiger partial charge >= 0.3 is 12.0 Å². The Kier molecular flexibility index (Phi) is 5.08. The zero-order valence-electron chi connectivity index (χ0n) is 13.3. The minimum atomic E-state index is -0.769. The van der Waals surface area contributed by atoms with Crippen LogP contribution in [0.4, 0.5) is 4.79 Å². The van der Waals surface area contributed by atoms with Gasteiger partial charge < -0.3 is 19.8 Å². The van der Waals surface area contributed by atoms with Crippen molar-refractivity contribution in [2.24, 2.45) is 11.8 Å². The van der Waals surface area contributed by atoms with Gasteiger partial charge in [0, 0.05) is 38.1 Å². The lowest BCUT2D eigenvalue weighted by Gasteiger charge is -2.44. The van der Waals surface area contributed by atoms with Gasteiger partial charge in [-0.3, -0.25) is 4.79 Å². The highest BCUT2D eigenvalue weighted by Crippen LogP contribution is 2.26. The van der Waals surface area contributed by atoms with Crippen LogP contribution in [-0.2, 0) is 4.79 Å². The predicted molar refractivity (Wildman–Crippen MR) is 80.2 cm³/mol. The Morgan fingerprint density at radius 1 is 1.24 bits per heavy atom. The largest absolute Gasteiger partial charge is 0.481 e. The molecular weight excluding hydrogens is 270 g/mol. The van der Waals surface area contributed by atoms with Crippen LogP contribution in [-0.4, -0.2) is 77.6 Å². The smallest absolute Gasteiger partial charge is 0.320 e. The van der Waals surface area contributed by atoms with Gasteiger partial charge in [0.25, 0.3) is 0 Å². The Morgan fingerprint density at radius 2 is 1.90 bits per heavy atom. The van der Waals surface area contributed by atoms with Crippen molar-refractivity contribution >= 4 is 12.0 Å². The lowest BCUT2D eigenvalue weighted by Crippen LogP contribution is -2.59. The molecule has 0 aromatic carbocycles. The third-order valence-corrected chi connectivity index (χ3v) is 4.90. The van der Waals surface area contributed by atoms with Crippen molar-refractivity contribution in [2.75, 3.05) is 39.8 Å². The molecule has 0 spiro atoms. The van der Waals surface area contributed by atoms with E-state index in [1.54, 1.807) is 11.8 Å². The highest BCUT2D eigenvalue weighted by Gasteiger charge is 2.40. The quantitative estimate of drug-likeness (QED) is 0.849. The highest BCUT2D eigenvalue weighted by molar-refractivity contribution is 5.76. The Hall–Kier alpha value is -1.30. The molecule has 0 radical (unpaired) electrons. The molecule has 21 heavy (non-hydrogen) atoms. The van der Waals surface area contributed by atoms with E-state index in [-0.39, 0.29) is 23.9 Å². The minimum Gasteiger partial charge on any atom is -0.481 e. The maximum absolute atomic E-state index is 12.6. The average Bonchev–Trinajstić information content (AvgIpc) is 2.57. The molecule has 0 aliphatic carbocycles. The van der Waals surface area contributed by atoms with Crippen molar-refractivity contribution in [3.63, 3.8) is 0 Å². The van der Waals surface area contributed by atoms with E-state index in [1.807, 2.05) is 4.90 Å². The first-order valence-corrected chi connectivity index (χ1v) is 7.91. The van der Waals surface area contributed by atoms with Gasteiger partial charge in [0.15, 0.2) is 0 Å². The number of likely N-dealkylation sites (N-methyl/N-ethyl adjacent to an activating group) is 1. The number of rotatable bonds is 3. The highest BCUT2D eigenvalue weighted by atomic mass is 16.4. The number of carboxylic acid groups (broad SMARTS) is 1. The number of hydrogen-bond donors (Lipinski definition) is 1. The van der Waals surface area contributed by atoms with E-state index < -0.39 is 5.97 Å². The summed E-state index contributed by atoms with van der Waals surface area (Å²) in [4.78, 5) is 29.7. The summed E-state index contributed by atoms with van der Waals surface area (Å²) in [6, 6.07) is 0.354. The number of nitrogens with zero attached hydrogens (tertiary/aromatic N) is 3. The third-order valence-electron chi connectivity index (χ3n) is 4.90. The fourth-order valence-electron chi connectivity index (χ4n) is 3.21. The topological polar surface area (TPSA) is 64.1 Å². The van der Waals surface area contributed by atoms with Crippen LogP contribution in [0.5, 0.6) is 0 Å². The van der Waals surface area contributed by atoms with Crippen molar-refractivity contribution < 1.29 is 14.7 Å². The number of likely N-dealkylation sites (tertiary alicyclic amines) is 1. The van der Waals surface area contributed by atoms with Gasteiger partial charge in [0.1, 0.15) is 0 Å². The summed E-state index contributed by atoms with van der Waals surface area (Å²) in [6.07, 6.45) is 1.96. The minimum absolute atomic E-state index is 0.0889. The van der Waals surface area contributed by atoms with Gasteiger partial charge in [-0.2, -0.15) is 0 Å². The maximum Gasteiger partial charge on any atom is 0.320 e. The van der Waals surface area contributed by atoms with Crippen molar-refractivity contribution in [3.8, 4) is 0 Å². The fourth-order valence-corrected chi connectivity index (χ4v) is 3.21. The normalized spacial score (nSPS) is 26.1. The fraction of sp³-hybridized carbons (Fsp3) is 0.867. The summed E-state index contributed by atoms with van der Waals surface area (Å²) < 4.78 is 0. The predicted octanol–water partition coefficient (Wildman–Crippen LogP) is 1.17. The number of amides is 2. The number of urea groups is 1. The number of carbonyl (C=O) groups is 2. The van der Waals surface area contributed by atoms with Gasteiger partial charge in [-0.05, 0) is 26.4 Å². The van der Waals surface area contributed by atoms with Crippen LogP contribution in [0.15, 0.2) is 0 Å². The van der Waals surface area contributed by atoms with Crippen LogP contribution in [0.1, 0.15) is 26.7 Å². The lowest BCUT2D eigenvalue weighted by atomic mass is 9.87. The Labute approximate surface area is 126 Å². The number of carbonyl (C=O) groups excluding carboxylic acids is 1. The third kappa shape index (κ3) is 3.48. The zero-order chi connectivity index (χ0) is 15.6. The maximum atomic E-state index is 12.6. The van der Waals surface area contributed by atoms with E-state index in [9.17, 15) is 9.59 Å². The molecule has 2 fully saturated rings. The zero-order valence-corrected chi connectivity index (χ0v) is 13.3. The molecular formula is C15H27N3O3. The molecule has 2 heterocycles. The van der Waals surface area contributed by atoms with Gasteiger partial charge in [0.05, 0.1) is 5.92 Å². The van der Waals surface area contributed by atoms with Crippen LogP contribution in [0, 0.1) is 11.8 Å². The molecule has 0 aromatic heterocycles. The number of hydrogen-bond acceptors (Lipinski definition) is 3. The van der Waals surface area contributed by atoms with E-state index in [0.29, 0.717) is 13.1 Å². The van der Waals surface area contributed by atoms with Crippen LogP contribution in [0.2, 0.25) is 0 Å². The molecule has 2 unspecified atom stereocenters. The summed E-state index contributed by atoms with van der Waals surface area (Å²) in [5, 5.41) is 9.02. The molecule has 2 aliphatic heterocycles. The van der Waals surface area contributed by atoms with Crippen molar-refractivity contribution in [1.82, 2.24) is 14.7 Å². The molecule has 0 saturated carbocycles. The standard InChI is InChI=1S/C15H27N3O3/c1-4-13-10-16(3)6-5-7-18(13)15(21)17-8-12(9-17)11(2)14(19)20/h11-13H,4-10H2,1-3H3,(H,19,20). The van der Waals surface area contributed by atoms with Crippen LogP contribution < -0.4 is 0 Å². The Morgan fingerprint density at radius 3 is 2.48 bits per heavy atom.